The van der Waals surface area contributed by atoms with Gasteiger partial charge < -0.3 is 4.90 Å². The minimum absolute atomic E-state index is 0.335. The lowest BCUT2D eigenvalue weighted by Gasteiger charge is -2.47. The van der Waals surface area contributed by atoms with E-state index >= 15 is 0 Å². The maximum atomic E-state index is 12.5. The van der Waals surface area contributed by atoms with Crippen molar-refractivity contribution in [2.45, 2.75) is 38.4 Å². The van der Waals surface area contributed by atoms with Crippen LogP contribution in [0.2, 0.25) is 0 Å². The van der Waals surface area contributed by atoms with Crippen LogP contribution in [0.3, 0.4) is 0 Å². The second-order valence-corrected chi connectivity index (χ2v) is 7.38. The molecular weight excluding hydrogens is 308 g/mol. The standard InChI is InChI=1S/C22H26N2O/c25-22-12-11-20-17-23(15-18-7-3-1-4-8-18)14-13-21(20)24(22)16-19-9-5-2-6-10-19/h1-10,20-21H,11-17H2/t20-,21+/m1/s1. The molecule has 3 nitrogen and oxygen atoms in total. The molecule has 0 spiro atoms. The minimum Gasteiger partial charge on any atom is -0.335 e. The summed E-state index contributed by atoms with van der Waals surface area (Å²) in [4.78, 5) is 17.3. The molecule has 0 unspecified atom stereocenters. The summed E-state index contributed by atoms with van der Waals surface area (Å²) in [5, 5.41) is 0. The summed E-state index contributed by atoms with van der Waals surface area (Å²) in [6.07, 6.45) is 2.84. The van der Waals surface area contributed by atoms with E-state index in [0.717, 1.165) is 39.0 Å². The molecule has 0 N–H and O–H groups in total. The predicted octanol–water partition coefficient (Wildman–Crippen LogP) is 3.70. The topological polar surface area (TPSA) is 23.6 Å². The molecule has 2 aliphatic heterocycles. The van der Waals surface area contributed by atoms with Crippen molar-refractivity contribution in [3.8, 4) is 0 Å². The Bertz CT molecular complexity index is 700. The monoisotopic (exact) mass is 334 g/mol. The van der Waals surface area contributed by atoms with Gasteiger partial charge in [-0.05, 0) is 29.9 Å². The lowest BCUT2D eigenvalue weighted by atomic mass is 9.83. The fraction of sp³-hybridized carbons (Fsp3) is 0.409. The molecule has 130 valence electrons. The van der Waals surface area contributed by atoms with Crippen LogP contribution in [-0.2, 0) is 17.9 Å². The van der Waals surface area contributed by atoms with Crippen LogP contribution in [0.1, 0.15) is 30.4 Å². The van der Waals surface area contributed by atoms with E-state index in [-0.39, 0.29) is 0 Å². The van der Waals surface area contributed by atoms with Gasteiger partial charge in [0.1, 0.15) is 0 Å². The molecule has 0 bridgehead atoms. The van der Waals surface area contributed by atoms with E-state index in [2.05, 4.69) is 64.4 Å². The SMILES string of the molecule is O=C1CC[C@@H]2CN(Cc3ccccc3)CC[C@@H]2N1Cc1ccccc1. The number of rotatable bonds is 4. The van der Waals surface area contributed by atoms with E-state index in [1.165, 1.54) is 11.1 Å². The molecule has 1 amide bonds. The van der Waals surface area contributed by atoms with Gasteiger partial charge in [-0.3, -0.25) is 9.69 Å². The molecule has 0 saturated carbocycles. The Morgan fingerprint density at radius 3 is 2.16 bits per heavy atom. The number of nitrogens with zero attached hydrogens (tertiary/aromatic N) is 2. The zero-order valence-electron chi connectivity index (χ0n) is 14.7. The molecule has 0 aromatic heterocycles. The Hall–Kier alpha value is -2.13. The van der Waals surface area contributed by atoms with Gasteiger partial charge >= 0.3 is 0 Å². The highest BCUT2D eigenvalue weighted by Gasteiger charge is 2.39. The maximum Gasteiger partial charge on any atom is 0.223 e. The summed E-state index contributed by atoms with van der Waals surface area (Å²) in [7, 11) is 0. The van der Waals surface area contributed by atoms with Gasteiger partial charge in [0, 0.05) is 38.6 Å². The predicted molar refractivity (Wildman–Crippen MR) is 99.8 cm³/mol. The van der Waals surface area contributed by atoms with Crippen LogP contribution in [0.4, 0.5) is 0 Å². The zero-order valence-corrected chi connectivity index (χ0v) is 14.7. The molecule has 0 radical (unpaired) electrons. The summed E-state index contributed by atoms with van der Waals surface area (Å²) < 4.78 is 0. The third-order valence-corrected chi connectivity index (χ3v) is 5.67. The van der Waals surface area contributed by atoms with Gasteiger partial charge in [-0.15, -0.1) is 0 Å². The van der Waals surface area contributed by atoms with Gasteiger partial charge in [-0.25, -0.2) is 0 Å². The largest absolute Gasteiger partial charge is 0.335 e. The minimum atomic E-state index is 0.335. The van der Waals surface area contributed by atoms with E-state index in [0.29, 0.717) is 24.3 Å². The first-order valence-corrected chi connectivity index (χ1v) is 9.39. The van der Waals surface area contributed by atoms with Crippen molar-refractivity contribution in [3.63, 3.8) is 0 Å². The van der Waals surface area contributed by atoms with Crippen LogP contribution in [-0.4, -0.2) is 34.8 Å². The molecule has 3 heteroatoms. The number of hydrogen-bond donors (Lipinski definition) is 0. The average molecular weight is 334 g/mol. The van der Waals surface area contributed by atoms with Crippen molar-refractivity contribution in [2.24, 2.45) is 5.92 Å². The van der Waals surface area contributed by atoms with Crippen LogP contribution in [0.25, 0.3) is 0 Å². The molecule has 2 fully saturated rings. The fourth-order valence-corrected chi connectivity index (χ4v) is 4.40. The number of benzene rings is 2. The van der Waals surface area contributed by atoms with Crippen molar-refractivity contribution in [1.82, 2.24) is 9.80 Å². The van der Waals surface area contributed by atoms with Crippen molar-refractivity contribution in [3.05, 3.63) is 71.8 Å². The molecule has 25 heavy (non-hydrogen) atoms. The van der Waals surface area contributed by atoms with Gasteiger partial charge in [-0.2, -0.15) is 0 Å². The molecule has 2 atom stereocenters. The third-order valence-electron chi connectivity index (χ3n) is 5.67. The summed E-state index contributed by atoms with van der Waals surface area (Å²) >= 11 is 0. The van der Waals surface area contributed by atoms with Crippen molar-refractivity contribution >= 4 is 5.91 Å². The van der Waals surface area contributed by atoms with Gasteiger partial charge in [0.25, 0.3) is 0 Å². The molecule has 0 aliphatic carbocycles. The van der Waals surface area contributed by atoms with E-state index in [1.807, 2.05) is 6.07 Å². The highest BCUT2D eigenvalue weighted by molar-refractivity contribution is 5.77. The van der Waals surface area contributed by atoms with Crippen molar-refractivity contribution in [1.29, 1.82) is 0 Å². The molecular formula is C22H26N2O. The third kappa shape index (κ3) is 3.77. The van der Waals surface area contributed by atoms with Crippen LogP contribution in [0.15, 0.2) is 60.7 Å². The smallest absolute Gasteiger partial charge is 0.223 e. The summed E-state index contributed by atoms with van der Waals surface area (Å²) in [5.41, 5.74) is 2.62. The molecule has 2 aliphatic rings. The molecule has 2 saturated heterocycles. The number of piperidine rings is 2. The van der Waals surface area contributed by atoms with Crippen molar-refractivity contribution in [2.75, 3.05) is 13.1 Å². The maximum absolute atomic E-state index is 12.5. The van der Waals surface area contributed by atoms with E-state index in [1.54, 1.807) is 0 Å². The Morgan fingerprint density at radius 2 is 1.48 bits per heavy atom. The Balaban J connectivity index is 1.42. The number of likely N-dealkylation sites (tertiary alicyclic amines) is 2. The first-order valence-electron chi connectivity index (χ1n) is 9.39. The molecule has 2 heterocycles. The van der Waals surface area contributed by atoms with Crippen molar-refractivity contribution < 1.29 is 4.79 Å². The number of carbonyl (C=O) groups is 1. The fourth-order valence-electron chi connectivity index (χ4n) is 4.40. The number of hydrogen-bond acceptors (Lipinski definition) is 2. The highest BCUT2D eigenvalue weighted by atomic mass is 16.2. The number of carbonyl (C=O) groups excluding carboxylic acids is 1. The normalized spacial score (nSPS) is 24.2. The number of fused-ring (bicyclic) bond motifs is 1. The van der Waals surface area contributed by atoms with Crippen LogP contribution >= 0.6 is 0 Å². The molecule has 4 rings (SSSR count). The Morgan fingerprint density at radius 1 is 0.840 bits per heavy atom. The average Bonchev–Trinajstić information content (AvgIpc) is 2.66. The summed E-state index contributed by atoms with van der Waals surface area (Å²) in [6, 6.07) is 21.5. The second-order valence-electron chi connectivity index (χ2n) is 7.38. The summed E-state index contributed by atoms with van der Waals surface area (Å²) in [5.74, 6) is 0.945. The molecule has 2 aromatic carbocycles. The van der Waals surface area contributed by atoms with Crippen LogP contribution in [0.5, 0.6) is 0 Å². The van der Waals surface area contributed by atoms with E-state index in [4.69, 9.17) is 0 Å². The van der Waals surface area contributed by atoms with E-state index < -0.39 is 0 Å². The van der Waals surface area contributed by atoms with Crippen LogP contribution in [0, 0.1) is 5.92 Å². The highest BCUT2D eigenvalue weighted by Crippen LogP contribution is 2.32. The zero-order chi connectivity index (χ0) is 17.1. The lowest BCUT2D eigenvalue weighted by Crippen LogP contribution is -2.55. The quantitative estimate of drug-likeness (QED) is 0.851. The first-order chi connectivity index (χ1) is 12.3. The van der Waals surface area contributed by atoms with Gasteiger partial charge in [0.05, 0.1) is 0 Å². The Labute approximate surface area is 150 Å². The van der Waals surface area contributed by atoms with Gasteiger partial charge in [0.2, 0.25) is 5.91 Å². The second kappa shape index (κ2) is 7.40. The first kappa shape index (κ1) is 16.3. The van der Waals surface area contributed by atoms with Gasteiger partial charge in [0.15, 0.2) is 0 Å². The van der Waals surface area contributed by atoms with Crippen LogP contribution < -0.4 is 0 Å². The number of amides is 1. The molecule has 2 aromatic rings. The summed E-state index contributed by atoms with van der Waals surface area (Å²) in [6.45, 7) is 3.98. The lowest BCUT2D eigenvalue weighted by molar-refractivity contribution is -0.142. The van der Waals surface area contributed by atoms with E-state index in [9.17, 15) is 4.79 Å². The Kier molecular flexibility index (Phi) is 4.84. The van der Waals surface area contributed by atoms with Gasteiger partial charge in [-0.1, -0.05) is 60.7 Å².